The number of hydrogen-bond acceptors (Lipinski definition) is 4. The summed E-state index contributed by atoms with van der Waals surface area (Å²) in [5, 5.41) is 15.0. The van der Waals surface area contributed by atoms with Crippen LogP contribution in [0.3, 0.4) is 0 Å². The third-order valence-corrected chi connectivity index (χ3v) is 5.45. The molecule has 0 saturated carbocycles. The van der Waals surface area contributed by atoms with Gasteiger partial charge in [0.2, 0.25) is 0 Å². The van der Waals surface area contributed by atoms with Gasteiger partial charge in [-0.15, -0.1) is 0 Å². The maximum atomic E-state index is 10.9. The fourth-order valence-electron chi connectivity index (χ4n) is 3.94. The van der Waals surface area contributed by atoms with Gasteiger partial charge in [0.1, 0.15) is 18.1 Å². The van der Waals surface area contributed by atoms with Gasteiger partial charge in [0, 0.05) is 23.6 Å². The van der Waals surface area contributed by atoms with Crippen molar-refractivity contribution in [3.05, 3.63) is 96.2 Å². The quantitative estimate of drug-likeness (QED) is 0.394. The summed E-state index contributed by atoms with van der Waals surface area (Å²) in [6.07, 6.45) is 1.47. The Morgan fingerprint density at radius 2 is 1.75 bits per heavy atom. The van der Waals surface area contributed by atoms with Gasteiger partial charge >= 0.3 is 0 Å². The van der Waals surface area contributed by atoms with E-state index in [1.165, 1.54) is 0 Å². The normalized spacial score (nSPS) is 12.7. The van der Waals surface area contributed by atoms with Gasteiger partial charge in [-0.25, -0.2) is 0 Å². The lowest BCUT2D eigenvalue weighted by molar-refractivity contribution is 0.132. The minimum atomic E-state index is -0.563. The van der Waals surface area contributed by atoms with Gasteiger partial charge < -0.3 is 24.5 Å². The van der Waals surface area contributed by atoms with Crippen LogP contribution in [0.2, 0.25) is 0 Å². The number of likely N-dealkylation sites (N-methyl/N-ethyl adjacent to an activating group) is 1. The molecule has 0 aliphatic carbocycles. The number of aliphatic hydroxyl groups excluding tert-OH is 1. The van der Waals surface area contributed by atoms with E-state index in [1.807, 2.05) is 67.8 Å². The Morgan fingerprint density at radius 3 is 2.50 bits per heavy atom. The molecule has 0 aliphatic heterocycles. The number of nitrogens with zero attached hydrogens (tertiary/aromatic N) is 1. The van der Waals surface area contributed by atoms with Crippen LogP contribution >= 0.6 is 13.5 Å². The molecular formula is C26H30N2O3S. The number of hydrogen-bond donors (Lipinski definition) is 2. The van der Waals surface area contributed by atoms with Crippen molar-refractivity contribution in [1.29, 1.82) is 0 Å². The Bertz CT molecular complexity index is 1130. The van der Waals surface area contributed by atoms with Crippen LogP contribution in [0.15, 0.2) is 85.1 Å². The number of benzene rings is 3. The first-order chi connectivity index (χ1) is 15.2. The van der Waals surface area contributed by atoms with Crippen LogP contribution in [-0.4, -0.2) is 36.5 Å². The highest BCUT2D eigenvalue weighted by atomic mass is 32.1. The highest BCUT2D eigenvalue weighted by molar-refractivity contribution is 7.59. The van der Waals surface area contributed by atoms with E-state index in [9.17, 15) is 5.11 Å². The van der Waals surface area contributed by atoms with Crippen molar-refractivity contribution in [2.45, 2.75) is 18.8 Å². The molecule has 0 bridgehead atoms. The third-order valence-electron chi connectivity index (χ3n) is 5.45. The second-order valence-electron chi connectivity index (χ2n) is 7.56. The van der Waals surface area contributed by atoms with E-state index in [4.69, 9.17) is 9.47 Å². The fraction of sp³-hybridized carbons (Fsp3) is 0.231. The van der Waals surface area contributed by atoms with Crippen molar-refractivity contribution in [2.75, 3.05) is 20.7 Å². The van der Waals surface area contributed by atoms with Crippen molar-refractivity contribution in [2.24, 2.45) is 0 Å². The number of aromatic nitrogens is 1. The monoisotopic (exact) mass is 450 g/mol. The molecule has 2 N–H and O–H groups in total. The predicted molar refractivity (Wildman–Crippen MR) is 134 cm³/mol. The first kappa shape index (κ1) is 23.7. The fourth-order valence-corrected chi connectivity index (χ4v) is 3.94. The summed E-state index contributed by atoms with van der Waals surface area (Å²) in [5.41, 5.74) is 3.18. The summed E-state index contributed by atoms with van der Waals surface area (Å²) in [4.78, 5) is 0. The van der Waals surface area contributed by atoms with E-state index < -0.39 is 6.10 Å². The van der Waals surface area contributed by atoms with E-state index in [-0.39, 0.29) is 19.5 Å². The molecule has 2 atom stereocenters. The van der Waals surface area contributed by atoms with Gasteiger partial charge in [-0.2, -0.15) is 13.5 Å². The van der Waals surface area contributed by atoms with Crippen LogP contribution in [0.25, 0.3) is 10.9 Å². The van der Waals surface area contributed by atoms with Crippen LogP contribution in [0.5, 0.6) is 11.5 Å². The van der Waals surface area contributed by atoms with Gasteiger partial charge in [-0.3, -0.25) is 0 Å². The Labute approximate surface area is 196 Å². The number of fused-ring (bicyclic) bond motifs is 1. The number of ether oxygens (including phenoxy) is 2. The van der Waals surface area contributed by atoms with Crippen molar-refractivity contribution < 1.29 is 14.6 Å². The van der Waals surface area contributed by atoms with Crippen LogP contribution in [0.4, 0.5) is 0 Å². The Hall–Kier alpha value is -2.93. The SMILES string of the molecule is CNC[C@@H](O)[C@H](c1ccccc1)n1ccc2cc(OCc3cccc(OC)c3)ccc21.S. The average Bonchev–Trinajstić information content (AvgIpc) is 3.22. The van der Waals surface area contributed by atoms with Gasteiger partial charge in [-0.1, -0.05) is 42.5 Å². The van der Waals surface area contributed by atoms with Crippen molar-refractivity contribution in [3.8, 4) is 11.5 Å². The van der Waals surface area contributed by atoms with Crippen molar-refractivity contribution in [1.82, 2.24) is 9.88 Å². The Kier molecular flexibility index (Phi) is 8.22. The summed E-state index contributed by atoms with van der Waals surface area (Å²) in [6.45, 7) is 0.970. The maximum Gasteiger partial charge on any atom is 0.120 e. The second kappa shape index (κ2) is 11.1. The van der Waals surface area contributed by atoms with Gasteiger partial charge in [0.15, 0.2) is 0 Å². The summed E-state index contributed by atoms with van der Waals surface area (Å²) >= 11 is 0. The molecule has 32 heavy (non-hydrogen) atoms. The molecular weight excluding hydrogens is 420 g/mol. The second-order valence-corrected chi connectivity index (χ2v) is 7.56. The minimum Gasteiger partial charge on any atom is -0.497 e. The molecule has 0 spiro atoms. The lowest BCUT2D eigenvalue weighted by Crippen LogP contribution is -2.33. The molecule has 1 heterocycles. The molecule has 3 aromatic carbocycles. The molecule has 1 aromatic heterocycles. The standard InChI is InChI=1S/C26H28N2O3.H2S/c1-27-17-25(29)26(20-8-4-3-5-9-20)28-14-13-21-16-23(11-12-24(21)28)31-18-19-7-6-10-22(15-19)30-2;/h3-16,25-27,29H,17-18H2,1-2H3;1H2/t25-,26+;/m1./s1. The van der Waals surface area contributed by atoms with Gasteiger partial charge in [-0.05, 0) is 54.6 Å². The van der Waals surface area contributed by atoms with Crippen LogP contribution in [0, 0.1) is 0 Å². The first-order valence-electron chi connectivity index (χ1n) is 10.4. The molecule has 6 heteroatoms. The van der Waals surface area contributed by atoms with Gasteiger partial charge in [0.25, 0.3) is 0 Å². The highest BCUT2D eigenvalue weighted by Crippen LogP contribution is 2.30. The zero-order valence-corrected chi connectivity index (χ0v) is 19.4. The molecule has 0 saturated heterocycles. The summed E-state index contributed by atoms with van der Waals surface area (Å²) < 4.78 is 13.4. The summed E-state index contributed by atoms with van der Waals surface area (Å²) in [7, 11) is 3.51. The first-order valence-corrected chi connectivity index (χ1v) is 10.4. The number of aliphatic hydroxyl groups is 1. The molecule has 4 aromatic rings. The van der Waals surface area contributed by atoms with E-state index in [0.717, 1.165) is 33.5 Å². The lowest BCUT2D eigenvalue weighted by atomic mass is 10.0. The van der Waals surface area contributed by atoms with E-state index in [2.05, 4.69) is 34.1 Å². The molecule has 5 nitrogen and oxygen atoms in total. The average molecular weight is 451 g/mol. The molecule has 168 valence electrons. The highest BCUT2D eigenvalue weighted by Gasteiger charge is 2.23. The largest absolute Gasteiger partial charge is 0.497 e. The smallest absolute Gasteiger partial charge is 0.120 e. The zero-order chi connectivity index (χ0) is 21.6. The predicted octanol–water partition coefficient (Wildman–Crippen LogP) is 4.51. The van der Waals surface area contributed by atoms with Crippen molar-refractivity contribution >= 4 is 24.4 Å². The van der Waals surface area contributed by atoms with Gasteiger partial charge in [0.05, 0.1) is 19.3 Å². The molecule has 0 fully saturated rings. The lowest BCUT2D eigenvalue weighted by Gasteiger charge is -2.26. The number of rotatable bonds is 9. The zero-order valence-electron chi connectivity index (χ0n) is 18.4. The van der Waals surface area contributed by atoms with E-state index in [0.29, 0.717) is 13.2 Å². The van der Waals surface area contributed by atoms with Crippen molar-refractivity contribution in [3.63, 3.8) is 0 Å². The molecule has 0 radical (unpaired) electrons. The molecule has 0 unspecified atom stereocenters. The van der Waals surface area contributed by atoms with E-state index in [1.54, 1.807) is 7.11 Å². The third kappa shape index (κ3) is 5.27. The number of nitrogens with one attached hydrogen (secondary N) is 1. The Morgan fingerprint density at radius 1 is 0.938 bits per heavy atom. The van der Waals surface area contributed by atoms with Crippen LogP contribution < -0.4 is 14.8 Å². The molecule has 0 aliphatic rings. The van der Waals surface area contributed by atoms with Crippen LogP contribution in [-0.2, 0) is 6.61 Å². The van der Waals surface area contributed by atoms with Crippen LogP contribution in [0.1, 0.15) is 17.2 Å². The minimum absolute atomic E-state index is 0. The Balaban J connectivity index is 0.00000289. The maximum absolute atomic E-state index is 10.9. The van der Waals surface area contributed by atoms with E-state index >= 15 is 0 Å². The summed E-state index contributed by atoms with van der Waals surface area (Å²) in [6, 6.07) is 25.9. The molecule has 0 amide bonds. The molecule has 4 rings (SSSR count). The topological polar surface area (TPSA) is 55.7 Å². The summed E-state index contributed by atoms with van der Waals surface area (Å²) in [5.74, 6) is 1.63. The number of methoxy groups -OCH3 is 1.